The van der Waals surface area contributed by atoms with E-state index in [2.05, 4.69) is 5.32 Å². The molecule has 5 nitrogen and oxygen atoms in total. The van der Waals surface area contributed by atoms with Crippen molar-refractivity contribution in [2.75, 3.05) is 19.8 Å². The first-order chi connectivity index (χ1) is 9.26. The number of halogens is 1. The van der Waals surface area contributed by atoms with Crippen molar-refractivity contribution in [3.8, 4) is 0 Å². The van der Waals surface area contributed by atoms with Crippen LogP contribution in [0.2, 0.25) is 0 Å². The van der Waals surface area contributed by atoms with Gasteiger partial charge in [-0.3, -0.25) is 9.18 Å². The standard InChI is InChI=1S/C14H23FN2O3/c1-13(2,3)20-12(19)16-10-8-17(11(18)4-7-15)9-14(10)5-6-14/h10H,4-9H2,1-3H3,(H,16,19)/t10-/m1/s1. The molecule has 0 radical (unpaired) electrons. The van der Waals surface area contributed by atoms with E-state index in [0.29, 0.717) is 13.1 Å². The molecule has 6 heteroatoms. The quantitative estimate of drug-likeness (QED) is 0.861. The van der Waals surface area contributed by atoms with Gasteiger partial charge in [-0.2, -0.15) is 0 Å². The van der Waals surface area contributed by atoms with Crippen LogP contribution in [-0.4, -0.2) is 48.3 Å². The minimum atomic E-state index is -0.632. The van der Waals surface area contributed by atoms with Gasteiger partial charge in [0, 0.05) is 18.5 Å². The number of alkyl carbamates (subject to hydrolysis) is 1. The minimum absolute atomic E-state index is 0.0110. The number of hydrogen-bond acceptors (Lipinski definition) is 3. The number of alkyl halides is 1. The van der Waals surface area contributed by atoms with E-state index < -0.39 is 18.4 Å². The molecule has 0 unspecified atom stereocenters. The van der Waals surface area contributed by atoms with E-state index in [1.807, 2.05) is 20.8 Å². The highest BCUT2D eigenvalue weighted by atomic mass is 19.1. The summed E-state index contributed by atoms with van der Waals surface area (Å²) in [4.78, 5) is 25.3. The van der Waals surface area contributed by atoms with E-state index in [-0.39, 0.29) is 23.8 Å². The van der Waals surface area contributed by atoms with Gasteiger partial charge in [-0.25, -0.2) is 4.79 Å². The maximum absolute atomic E-state index is 12.3. The van der Waals surface area contributed by atoms with Crippen LogP contribution in [-0.2, 0) is 9.53 Å². The Labute approximate surface area is 118 Å². The number of nitrogens with zero attached hydrogens (tertiary/aromatic N) is 1. The lowest BCUT2D eigenvalue weighted by Crippen LogP contribution is -2.44. The molecule has 1 heterocycles. The minimum Gasteiger partial charge on any atom is -0.444 e. The second-order valence-corrected chi connectivity index (χ2v) is 6.77. The maximum atomic E-state index is 12.3. The molecule has 2 fully saturated rings. The molecule has 2 amide bonds. The van der Waals surface area contributed by atoms with E-state index in [0.717, 1.165) is 12.8 Å². The van der Waals surface area contributed by atoms with Gasteiger partial charge in [0.25, 0.3) is 0 Å². The molecule has 1 saturated carbocycles. The van der Waals surface area contributed by atoms with Gasteiger partial charge in [0.1, 0.15) is 5.60 Å². The van der Waals surface area contributed by atoms with E-state index in [9.17, 15) is 14.0 Å². The number of likely N-dealkylation sites (tertiary alicyclic amines) is 1. The van der Waals surface area contributed by atoms with Crippen molar-refractivity contribution in [3.05, 3.63) is 0 Å². The van der Waals surface area contributed by atoms with E-state index in [1.54, 1.807) is 4.90 Å². The number of carbonyl (C=O) groups excluding carboxylic acids is 2. The Balaban J connectivity index is 1.92. The monoisotopic (exact) mass is 286 g/mol. The van der Waals surface area contributed by atoms with E-state index >= 15 is 0 Å². The Morgan fingerprint density at radius 1 is 1.40 bits per heavy atom. The van der Waals surface area contributed by atoms with Crippen molar-refractivity contribution in [1.82, 2.24) is 10.2 Å². The molecule has 1 saturated heterocycles. The lowest BCUT2D eigenvalue weighted by atomic mass is 10.0. The topological polar surface area (TPSA) is 58.6 Å². The fourth-order valence-electron chi connectivity index (χ4n) is 2.71. The molecule has 1 aliphatic heterocycles. The second kappa shape index (κ2) is 5.22. The van der Waals surface area contributed by atoms with Gasteiger partial charge in [-0.05, 0) is 33.6 Å². The van der Waals surface area contributed by atoms with Crippen molar-refractivity contribution in [2.24, 2.45) is 5.41 Å². The third kappa shape index (κ3) is 3.41. The molecule has 2 rings (SSSR count). The molecule has 1 N–H and O–H groups in total. The lowest BCUT2D eigenvalue weighted by Gasteiger charge is -2.23. The molecular formula is C14H23FN2O3. The van der Waals surface area contributed by atoms with Crippen LogP contribution in [0.15, 0.2) is 0 Å². The van der Waals surface area contributed by atoms with Gasteiger partial charge in [-0.15, -0.1) is 0 Å². The van der Waals surface area contributed by atoms with Crippen molar-refractivity contribution in [1.29, 1.82) is 0 Å². The summed E-state index contributed by atoms with van der Waals surface area (Å²) in [7, 11) is 0. The summed E-state index contributed by atoms with van der Waals surface area (Å²) >= 11 is 0. The predicted octanol–water partition coefficient (Wildman–Crippen LogP) is 1.86. The first-order valence-electron chi connectivity index (χ1n) is 7.09. The highest BCUT2D eigenvalue weighted by Gasteiger charge is 2.56. The van der Waals surface area contributed by atoms with Crippen LogP contribution in [0.4, 0.5) is 9.18 Å². The van der Waals surface area contributed by atoms with Crippen LogP contribution in [0, 0.1) is 5.41 Å². The van der Waals surface area contributed by atoms with Crippen molar-refractivity contribution in [2.45, 2.75) is 51.7 Å². The second-order valence-electron chi connectivity index (χ2n) is 6.77. The summed E-state index contributed by atoms with van der Waals surface area (Å²) in [6.45, 7) is 5.87. The normalized spacial score (nSPS) is 23.8. The van der Waals surface area contributed by atoms with Gasteiger partial charge in [0.05, 0.1) is 19.1 Å². The third-order valence-electron chi connectivity index (χ3n) is 3.89. The Morgan fingerprint density at radius 2 is 2.05 bits per heavy atom. The Kier molecular flexibility index (Phi) is 3.93. The molecule has 0 bridgehead atoms. The predicted molar refractivity (Wildman–Crippen MR) is 72.0 cm³/mol. The smallest absolute Gasteiger partial charge is 0.407 e. The zero-order chi connectivity index (χ0) is 15.0. The summed E-state index contributed by atoms with van der Waals surface area (Å²) < 4.78 is 17.5. The number of rotatable bonds is 3. The molecule has 1 spiro atoms. The van der Waals surface area contributed by atoms with Crippen LogP contribution in [0.3, 0.4) is 0 Å². The van der Waals surface area contributed by atoms with Gasteiger partial charge < -0.3 is 15.0 Å². The number of hydrogen-bond donors (Lipinski definition) is 1. The van der Waals surface area contributed by atoms with Gasteiger partial charge in [0.2, 0.25) is 5.91 Å². The molecule has 0 aromatic rings. The molecule has 0 aromatic heterocycles. The fraction of sp³-hybridized carbons (Fsp3) is 0.857. The summed E-state index contributed by atoms with van der Waals surface area (Å²) in [6.07, 6.45) is 1.46. The van der Waals surface area contributed by atoms with Crippen molar-refractivity contribution in [3.63, 3.8) is 0 Å². The first-order valence-corrected chi connectivity index (χ1v) is 7.09. The highest BCUT2D eigenvalue weighted by molar-refractivity contribution is 5.77. The molecule has 114 valence electrons. The SMILES string of the molecule is CC(C)(C)OC(=O)N[C@@H]1CN(C(=O)CCF)CC12CC2. The van der Waals surface area contributed by atoms with Crippen LogP contribution in [0.25, 0.3) is 0 Å². The van der Waals surface area contributed by atoms with Crippen LogP contribution < -0.4 is 5.32 Å². The Morgan fingerprint density at radius 3 is 2.55 bits per heavy atom. The van der Waals surface area contributed by atoms with E-state index in [4.69, 9.17) is 4.74 Å². The summed E-state index contributed by atoms with van der Waals surface area (Å²) in [5.41, 5.74) is -0.550. The Hall–Kier alpha value is -1.33. The Bertz CT molecular complexity index is 402. The third-order valence-corrected chi connectivity index (χ3v) is 3.89. The van der Waals surface area contributed by atoms with Crippen LogP contribution in [0.1, 0.15) is 40.0 Å². The van der Waals surface area contributed by atoms with Gasteiger partial charge in [-0.1, -0.05) is 0 Å². The molecule has 1 atom stereocenters. The summed E-state index contributed by atoms with van der Waals surface area (Å²) in [5, 5.41) is 2.87. The van der Waals surface area contributed by atoms with Crippen molar-refractivity contribution >= 4 is 12.0 Å². The molecule has 20 heavy (non-hydrogen) atoms. The number of ether oxygens (including phenoxy) is 1. The molecular weight excluding hydrogens is 263 g/mol. The number of amides is 2. The van der Waals surface area contributed by atoms with E-state index in [1.165, 1.54) is 0 Å². The average Bonchev–Trinajstić information content (AvgIpc) is 2.96. The number of carbonyl (C=O) groups is 2. The van der Waals surface area contributed by atoms with Crippen LogP contribution in [0.5, 0.6) is 0 Å². The molecule has 1 aliphatic carbocycles. The molecule has 0 aromatic carbocycles. The van der Waals surface area contributed by atoms with Crippen LogP contribution >= 0.6 is 0 Å². The zero-order valence-corrected chi connectivity index (χ0v) is 12.4. The summed E-state index contributed by atoms with van der Waals surface area (Å²) in [5.74, 6) is -0.174. The maximum Gasteiger partial charge on any atom is 0.407 e. The summed E-state index contributed by atoms with van der Waals surface area (Å²) in [6, 6.07) is -0.0825. The number of nitrogens with one attached hydrogen (secondary N) is 1. The van der Waals surface area contributed by atoms with Gasteiger partial charge >= 0.3 is 6.09 Å². The average molecular weight is 286 g/mol. The largest absolute Gasteiger partial charge is 0.444 e. The lowest BCUT2D eigenvalue weighted by molar-refractivity contribution is -0.130. The highest BCUT2D eigenvalue weighted by Crippen LogP contribution is 2.52. The van der Waals surface area contributed by atoms with Crippen molar-refractivity contribution < 1.29 is 18.7 Å². The molecule has 2 aliphatic rings. The zero-order valence-electron chi connectivity index (χ0n) is 12.4. The first kappa shape index (κ1) is 15.1. The van der Waals surface area contributed by atoms with Gasteiger partial charge in [0.15, 0.2) is 0 Å². The fourth-order valence-corrected chi connectivity index (χ4v) is 2.71.